The Kier molecular flexibility index (Phi) is 7.64. The van der Waals surface area contributed by atoms with Gasteiger partial charge in [0.2, 0.25) is 0 Å². The van der Waals surface area contributed by atoms with Crippen molar-refractivity contribution in [2.75, 3.05) is 19.6 Å². The summed E-state index contributed by atoms with van der Waals surface area (Å²) >= 11 is 0. The number of H-pyrrole nitrogens is 1. The molecule has 54 heavy (non-hydrogen) atoms. The smallest absolute Gasteiger partial charge is 0.326 e. The van der Waals surface area contributed by atoms with E-state index in [0.29, 0.717) is 19.4 Å². The number of aliphatic hydroxyl groups is 2. The number of hydrogen-bond acceptors (Lipinski definition) is 5. The number of benzene rings is 3. The predicted molar refractivity (Wildman–Crippen MR) is 212 cm³/mol. The number of β-amino-alcohol motifs (C(OH)–C–C–N with tert-alkyl or cyclic N) is 1. The molecule has 0 radical (unpaired) electrons. The molecule has 2 spiro atoms. The molecule has 7 heteroatoms. The van der Waals surface area contributed by atoms with E-state index in [4.69, 9.17) is 0 Å². The number of allylic oxidation sites excluding steroid dienone is 4. The molecular weight excluding hydrogens is 671 g/mol. The minimum absolute atomic E-state index is 0.0431. The van der Waals surface area contributed by atoms with Gasteiger partial charge in [0.1, 0.15) is 0 Å². The first-order valence-corrected chi connectivity index (χ1v) is 20.5. The first-order chi connectivity index (χ1) is 26.0. The number of aliphatic hydroxyl groups excluding tert-OH is 1. The Hall–Kier alpha value is -4.04. The zero-order valence-electron chi connectivity index (χ0n) is 31.6. The van der Waals surface area contributed by atoms with E-state index in [0.717, 1.165) is 91.3 Å². The van der Waals surface area contributed by atoms with E-state index in [1.54, 1.807) is 0 Å². The van der Waals surface area contributed by atoms with Crippen LogP contribution in [0.4, 0.5) is 0 Å². The van der Waals surface area contributed by atoms with Gasteiger partial charge in [-0.05, 0) is 98.3 Å². The van der Waals surface area contributed by atoms with E-state index in [1.165, 1.54) is 0 Å². The molecule has 1 unspecified atom stereocenters. The van der Waals surface area contributed by atoms with Crippen molar-refractivity contribution in [3.8, 4) is 11.1 Å². The van der Waals surface area contributed by atoms with Crippen LogP contribution in [0.5, 0.6) is 0 Å². The monoisotopic (exact) mass is 723 g/mol. The summed E-state index contributed by atoms with van der Waals surface area (Å²) in [5, 5.41) is 24.2. The van der Waals surface area contributed by atoms with Crippen LogP contribution in [-0.2, 0) is 0 Å². The van der Waals surface area contributed by atoms with Gasteiger partial charge in [0.25, 0.3) is 0 Å². The lowest BCUT2D eigenvalue weighted by atomic mass is 9.32. The topological polar surface area (TPSA) is 98.6 Å². The molecule has 1 aliphatic heterocycles. The van der Waals surface area contributed by atoms with Crippen LogP contribution < -0.4 is 5.69 Å². The number of Topliss-reactive ketones (excluding diaryl/α,β-unsaturated/α-hetero) is 1. The number of hydrogen-bond donors (Lipinski definition) is 3. The Balaban J connectivity index is 0.999. The molecule has 8 atom stereocenters. The minimum Gasteiger partial charge on any atom is -0.393 e. The van der Waals surface area contributed by atoms with E-state index in [9.17, 15) is 15.0 Å². The number of carbonyl (C=O) groups excluding carboxylic acids is 1. The van der Waals surface area contributed by atoms with Gasteiger partial charge in [0, 0.05) is 53.1 Å². The molecule has 2 bridgehead atoms. The molecule has 3 N–H and O–H groups in total. The number of para-hydroxylation sites is 2. The molecule has 1 saturated heterocycles. The van der Waals surface area contributed by atoms with Crippen molar-refractivity contribution in [3.05, 3.63) is 119 Å². The zero-order chi connectivity index (χ0) is 37.1. The van der Waals surface area contributed by atoms with Crippen molar-refractivity contribution in [3.63, 3.8) is 0 Å². The number of piperidine rings is 1. The second-order valence-electron chi connectivity index (χ2n) is 18.4. The Morgan fingerprint density at radius 1 is 0.815 bits per heavy atom. The Morgan fingerprint density at radius 3 is 2.31 bits per heavy atom. The van der Waals surface area contributed by atoms with E-state index in [-0.39, 0.29) is 46.3 Å². The molecular formula is C47H53N3O4. The Labute approximate surface area is 317 Å². The second-order valence-corrected chi connectivity index (χ2v) is 18.4. The van der Waals surface area contributed by atoms with Crippen LogP contribution in [0.15, 0.2) is 107 Å². The summed E-state index contributed by atoms with van der Waals surface area (Å²) in [7, 11) is 0. The maximum Gasteiger partial charge on any atom is 0.326 e. The number of fused-ring (bicyclic) bond motifs is 2. The number of carbonyl (C=O) groups is 1. The molecule has 6 aliphatic carbocycles. The highest BCUT2D eigenvalue weighted by molar-refractivity contribution is 6.14. The summed E-state index contributed by atoms with van der Waals surface area (Å²) in [5.74, 6) is 0.453. The van der Waals surface area contributed by atoms with Crippen LogP contribution in [0.1, 0.15) is 88.0 Å². The zero-order valence-corrected chi connectivity index (χ0v) is 31.6. The SMILES string of the molecule is C[C@]12CC[C@H]3[C@]4(C=C[C@@]5(C=C4C(=O)c4ccccc4-c4ccccc4)CC(O)CC[C@]35C)[C@@H]1CC[C@@]2(O)CN1CCC(n2c(=O)[nH]c3ccccc32)CC1. The number of aromatic nitrogens is 2. The number of aromatic amines is 1. The van der Waals surface area contributed by atoms with Crippen LogP contribution in [0.3, 0.4) is 0 Å². The van der Waals surface area contributed by atoms with Crippen LogP contribution in [0.25, 0.3) is 22.2 Å². The van der Waals surface area contributed by atoms with Gasteiger partial charge < -0.3 is 20.1 Å². The van der Waals surface area contributed by atoms with Gasteiger partial charge in [-0.15, -0.1) is 0 Å². The molecule has 0 amide bonds. The summed E-state index contributed by atoms with van der Waals surface area (Å²) in [5.41, 5.74) is 3.18. The van der Waals surface area contributed by atoms with Crippen LogP contribution in [-0.4, -0.2) is 61.8 Å². The molecule has 1 aromatic heterocycles. The van der Waals surface area contributed by atoms with E-state index in [1.807, 2.05) is 65.2 Å². The van der Waals surface area contributed by atoms with Gasteiger partial charge in [-0.25, -0.2) is 4.79 Å². The number of ketones is 1. The quantitative estimate of drug-likeness (QED) is 0.138. The van der Waals surface area contributed by atoms with Crippen molar-refractivity contribution in [2.45, 2.75) is 89.4 Å². The highest BCUT2D eigenvalue weighted by atomic mass is 16.3. The van der Waals surface area contributed by atoms with Gasteiger partial charge in [-0.3, -0.25) is 9.36 Å². The number of rotatable bonds is 6. The van der Waals surface area contributed by atoms with Crippen LogP contribution in [0.2, 0.25) is 0 Å². The first kappa shape index (κ1) is 34.5. The summed E-state index contributed by atoms with van der Waals surface area (Å²) < 4.78 is 1.94. The van der Waals surface area contributed by atoms with Gasteiger partial charge in [0.05, 0.1) is 22.7 Å². The lowest BCUT2D eigenvalue weighted by molar-refractivity contribution is -0.176. The Bertz CT molecular complexity index is 2260. The van der Waals surface area contributed by atoms with E-state index >= 15 is 4.79 Å². The normalized spacial score (nSPS) is 37.5. The number of nitrogens with one attached hydrogen (secondary N) is 1. The first-order valence-electron chi connectivity index (χ1n) is 20.5. The highest BCUT2D eigenvalue weighted by Gasteiger charge is 2.74. The molecule has 3 saturated carbocycles. The molecule has 4 aromatic rings. The summed E-state index contributed by atoms with van der Waals surface area (Å²) in [4.78, 5) is 33.9. The maximum absolute atomic E-state index is 15.4. The van der Waals surface area contributed by atoms with Crippen LogP contribution >= 0.6 is 0 Å². The van der Waals surface area contributed by atoms with Crippen molar-refractivity contribution < 1.29 is 15.0 Å². The largest absolute Gasteiger partial charge is 0.393 e. The van der Waals surface area contributed by atoms with Gasteiger partial charge in [-0.1, -0.05) is 98.8 Å². The molecule has 11 rings (SSSR count). The highest BCUT2D eigenvalue weighted by Crippen LogP contribution is 2.78. The fraction of sp³-hybridized carbons (Fsp3) is 0.489. The average Bonchev–Trinajstić information content (AvgIpc) is 3.66. The second kappa shape index (κ2) is 12.0. The van der Waals surface area contributed by atoms with E-state index in [2.05, 4.69) is 60.2 Å². The third kappa shape index (κ3) is 4.58. The molecule has 3 aromatic carbocycles. The van der Waals surface area contributed by atoms with Crippen molar-refractivity contribution in [1.29, 1.82) is 0 Å². The number of nitrogens with zero attached hydrogens (tertiary/aromatic N) is 2. The van der Waals surface area contributed by atoms with Crippen molar-refractivity contribution in [1.82, 2.24) is 14.5 Å². The van der Waals surface area contributed by atoms with Gasteiger partial charge in [0.15, 0.2) is 5.78 Å². The third-order valence-corrected chi connectivity index (χ3v) is 16.2. The fourth-order valence-electron chi connectivity index (χ4n) is 13.4. The summed E-state index contributed by atoms with van der Waals surface area (Å²) in [6.45, 7) is 7.05. The van der Waals surface area contributed by atoms with E-state index < -0.39 is 16.4 Å². The van der Waals surface area contributed by atoms with Crippen LogP contribution in [0, 0.1) is 33.5 Å². The third-order valence-electron chi connectivity index (χ3n) is 16.2. The lowest BCUT2D eigenvalue weighted by Crippen LogP contribution is -2.67. The maximum atomic E-state index is 15.4. The molecule has 280 valence electrons. The van der Waals surface area contributed by atoms with Gasteiger partial charge >= 0.3 is 5.69 Å². The number of likely N-dealkylation sites (tertiary alicyclic amines) is 1. The molecule has 2 heterocycles. The standard InChI is InChI=1S/C47H53N3O4/c1-43-21-16-33(51)28-45(43)24-25-47(36(29-45)41(52)35-13-7-6-12-34(35)31-10-4-3-5-11-31)39(43)17-22-44(2)40(47)18-23-46(44,54)30-49-26-19-32(20-27-49)50-38-15-9-8-14-37(38)48-42(50)53/h3-15,24-25,29,32-33,39-40,51,54H,16-23,26-28,30H2,1-2H3,(H,48,53)/t33?,39-,40-,43-,44+,45+,46-,47-/m1/s1. The minimum atomic E-state index is -0.901. The van der Waals surface area contributed by atoms with Gasteiger partial charge in [-0.2, -0.15) is 0 Å². The molecule has 4 fully saturated rings. The molecule has 7 aliphatic rings. The summed E-state index contributed by atoms with van der Waals surface area (Å²) in [6, 6.07) is 26.4. The van der Waals surface area contributed by atoms with Crippen molar-refractivity contribution >= 4 is 16.8 Å². The Morgan fingerprint density at radius 2 is 1.50 bits per heavy atom. The predicted octanol–water partition coefficient (Wildman–Crippen LogP) is 8.11. The van der Waals surface area contributed by atoms with Crippen molar-refractivity contribution in [2.24, 2.45) is 33.5 Å². The average molecular weight is 724 g/mol. The number of imidazole rings is 1. The fourth-order valence-corrected chi connectivity index (χ4v) is 13.4. The molecule has 7 nitrogen and oxygen atoms in total. The lowest BCUT2D eigenvalue weighted by Gasteiger charge is -2.71. The summed E-state index contributed by atoms with van der Waals surface area (Å²) in [6.07, 6.45) is 14.3.